The number of hydrogen-bond acceptors (Lipinski definition) is 3. The zero-order valence-corrected chi connectivity index (χ0v) is 8.82. The van der Waals surface area contributed by atoms with E-state index in [2.05, 4.69) is 5.16 Å². The largest absolute Gasteiger partial charge is 0.478 e. The fourth-order valence-electron chi connectivity index (χ4n) is 1.50. The van der Waals surface area contributed by atoms with E-state index in [1.807, 2.05) is 0 Å². The number of hydrogen-bond donors (Lipinski definition) is 1. The molecule has 0 bridgehead atoms. The Balaban J connectivity index is 2.70. The van der Waals surface area contributed by atoms with Gasteiger partial charge < -0.3 is 9.63 Å². The van der Waals surface area contributed by atoms with Crippen LogP contribution in [0, 0.1) is 0 Å². The van der Waals surface area contributed by atoms with Gasteiger partial charge in [-0.3, -0.25) is 0 Å². The van der Waals surface area contributed by atoms with Crippen molar-refractivity contribution >= 4 is 16.9 Å². The third-order valence-corrected chi connectivity index (χ3v) is 2.28. The lowest BCUT2D eigenvalue weighted by atomic mass is 10.0. The first-order valence-corrected chi connectivity index (χ1v) is 4.72. The summed E-state index contributed by atoms with van der Waals surface area (Å²) >= 11 is 0. The van der Waals surface area contributed by atoms with E-state index in [0.717, 1.165) is 0 Å². The molecule has 16 heavy (non-hydrogen) atoms. The minimum atomic E-state index is -1.66. The summed E-state index contributed by atoms with van der Waals surface area (Å²) in [7, 11) is 0. The number of aromatic nitrogens is 1. The van der Waals surface area contributed by atoms with Crippen LogP contribution in [0.2, 0.25) is 0 Å². The maximum absolute atomic E-state index is 13.7. The maximum atomic E-state index is 13.7. The lowest BCUT2D eigenvalue weighted by Crippen LogP contribution is -2.10. The molecule has 84 valence electrons. The summed E-state index contributed by atoms with van der Waals surface area (Å²) < 4.78 is 18.7. The third kappa shape index (κ3) is 1.64. The predicted molar refractivity (Wildman–Crippen MR) is 55.1 cm³/mol. The highest BCUT2D eigenvalue weighted by atomic mass is 19.1. The van der Waals surface area contributed by atoms with Crippen LogP contribution in [-0.2, 0) is 5.67 Å². The van der Waals surface area contributed by atoms with Gasteiger partial charge in [-0.05, 0) is 32.0 Å². The molecule has 0 saturated heterocycles. The van der Waals surface area contributed by atoms with Crippen LogP contribution in [0.3, 0.4) is 0 Å². The zero-order chi connectivity index (χ0) is 11.9. The summed E-state index contributed by atoms with van der Waals surface area (Å²) in [6, 6.07) is 4.23. The summed E-state index contributed by atoms with van der Waals surface area (Å²) in [5, 5.41) is 12.9. The molecule has 0 aliphatic heterocycles. The molecular formula is C11H10FNO3. The molecule has 1 heterocycles. The molecule has 0 atom stereocenters. The molecule has 2 aromatic rings. The first-order valence-electron chi connectivity index (χ1n) is 4.72. The van der Waals surface area contributed by atoms with Gasteiger partial charge in [-0.15, -0.1) is 0 Å². The van der Waals surface area contributed by atoms with Crippen molar-refractivity contribution < 1.29 is 18.8 Å². The minimum Gasteiger partial charge on any atom is -0.478 e. The van der Waals surface area contributed by atoms with E-state index in [1.54, 1.807) is 0 Å². The van der Waals surface area contributed by atoms with Gasteiger partial charge in [0.05, 0.1) is 5.56 Å². The number of rotatable bonds is 2. The Labute approximate surface area is 90.7 Å². The molecule has 4 nitrogen and oxygen atoms in total. The van der Waals surface area contributed by atoms with Gasteiger partial charge in [0.15, 0.2) is 11.3 Å². The smallest absolute Gasteiger partial charge is 0.335 e. The Morgan fingerprint density at radius 3 is 2.75 bits per heavy atom. The van der Waals surface area contributed by atoms with Gasteiger partial charge in [0, 0.05) is 5.39 Å². The fraction of sp³-hybridized carbons (Fsp3) is 0.273. The average Bonchev–Trinajstić information content (AvgIpc) is 2.58. The standard InChI is InChI=1S/C11H10FNO3/c1-11(2,12)9-7-5-6(10(14)15)3-4-8(7)16-13-9/h3-5H,1-2H3,(H,14,15). The molecule has 0 fully saturated rings. The van der Waals surface area contributed by atoms with E-state index in [4.69, 9.17) is 9.63 Å². The number of carboxylic acid groups (broad SMARTS) is 1. The lowest BCUT2D eigenvalue weighted by Gasteiger charge is -2.09. The van der Waals surface area contributed by atoms with Crippen molar-refractivity contribution in [3.05, 3.63) is 29.5 Å². The summed E-state index contributed by atoms with van der Waals surface area (Å²) in [5.41, 5.74) is -1.08. The minimum absolute atomic E-state index is 0.0844. The third-order valence-electron chi connectivity index (χ3n) is 2.28. The van der Waals surface area contributed by atoms with E-state index in [1.165, 1.54) is 32.0 Å². The Morgan fingerprint density at radius 2 is 2.19 bits per heavy atom. The normalized spacial score (nSPS) is 11.9. The maximum Gasteiger partial charge on any atom is 0.335 e. The van der Waals surface area contributed by atoms with Crippen LogP contribution >= 0.6 is 0 Å². The van der Waals surface area contributed by atoms with E-state index in [-0.39, 0.29) is 11.3 Å². The molecule has 1 aromatic carbocycles. The second kappa shape index (κ2) is 3.30. The summed E-state index contributed by atoms with van der Waals surface area (Å²) in [4.78, 5) is 10.8. The summed E-state index contributed by atoms with van der Waals surface area (Å²) in [6.45, 7) is 2.69. The molecule has 1 N–H and O–H groups in total. The van der Waals surface area contributed by atoms with Crippen LogP contribution < -0.4 is 0 Å². The molecule has 0 saturated carbocycles. The zero-order valence-electron chi connectivity index (χ0n) is 8.82. The van der Waals surface area contributed by atoms with Crippen LogP contribution in [0.25, 0.3) is 11.0 Å². The topological polar surface area (TPSA) is 63.3 Å². The fourth-order valence-corrected chi connectivity index (χ4v) is 1.50. The number of alkyl halides is 1. The number of benzene rings is 1. The van der Waals surface area contributed by atoms with Gasteiger partial charge in [-0.25, -0.2) is 9.18 Å². The highest BCUT2D eigenvalue weighted by Gasteiger charge is 2.26. The number of aromatic carboxylic acids is 1. The summed E-state index contributed by atoms with van der Waals surface area (Å²) in [5.74, 6) is -1.06. The van der Waals surface area contributed by atoms with Gasteiger partial charge in [-0.2, -0.15) is 0 Å². The first kappa shape index (κ1) is 10.6. The monoisotopic (exact) mass is 223 g/mol. The highest BCUT2D eigenvalue weighted by molar-refractivity contribution is 5.93. The molecule has 0 spiro atoms. The van der Waals surface area contributed by atoms with Gasteiger partial charge in [0.1, 0.15) is 5.69 Å². The molecule has 0 amide bonds. The number of fused-ring (bicyclic) bond motifs is 1. The molecule has 0 aliphatic rings. The van der Waals surface area contributed by atoms with E-state index in [0.29, 0.717) is 11.0 Å². The Morgan fingerprint density at radius 1 is 1.50 bits per heavy atom. The van der Waals surface area contributed by atoms with Gasteiger partial charge in [-0.1, -0.05) is 5.16 Å². The van der Waals surface area contributed by atoms with Crippen molar-refractivity contribution in [1.82, 2.24) is 5.16 Å². The SMILES string of the molecule is CC(C)(F)c1noc2ccc(C(=O)O)cc12. The van der Waals surface area contributed by atoms with Crippen molar-refractivity contribution in [3.63, 3.8) is 0 Å². The Kier molecular flexibility index (Phi) is 2.18. The second-order valence-electron chi connectivity index (χ2n) is 4.02. The number of carboxylic acids is 1. The van der Waals surface area contributed by atoms with Crippen LogP contribution in [0.1, 0.15) is 29.9 Å². The van der Waals surface area contributed by atoms with Crippen molar-refractivity contribution in [1.29, 1.82) is 0 Å². The Bertz CT molecular complexity index is 554. The number of nitrogens with zero attached hydrogens (tertiary/aromatic N) is 1. The van der Waals surface area contributed by atoms with Crippen molar-refractivity contribution in [2.75, 3.05) is 0 Å². The molecular weight excluding hydrogens is 213 g/mol. The molecule has 0 unspecified atom stereocenters. The number of carbonyl (C=O) groups is 1. The first-order chi connectivity index (χ1) is 7.39. The quantitative estimate of drug-likeness (QED) is 0.850. The van der Waals surface area contributed by atoms with Gasteiger partial charge in [0.2, 0.25) is 0 Å². The van der Waals surface area contributed by atoms with Crippen LogP contribution in [0.5, 0.6) is 0 Å². The molecule has 5 heteroatoms. The predicted octanol–water partition coefficient (Wildman–Crippen LogP) is 2.73. The van der Waals surface area contributed by atoms with Crippen molar-refractivity contribution in [3.8, 4) is 0 Å². The van der Waals surface area contributed by atoms with E-state index >= 15 is 0 Å². The van der Waals surface area contributed by atoms with Crippen LogP contribution in [-0.4, -0.2) is 16.2 Å². The van der Waals surface area contributed by atoms with Crippen molar-refractivity contribution in [2.45, 2.75) is 19.5 Å². The van der Waals surface area contributed by atoms with Crippen LogP contribution in [0.4, 0.5) is 4.39 Å². The van der Waals surface area contributed by atoms with Gasteiger partial charge >= 0.3 is 5.97 Å². The Hall–Kier alpha value is -1.91. The van der Waals surface area contributed by atoms with E-state index < -0.39 is 11.6 Å². The molecule has 1 aromatic heterocycles. The lowest BCUT2D eigenvalue weighted by molar-refractivity contribution is 0.0697. The van der Waals surface area contributed by atoms with Gasteiger partial charge in [0.25, 0.3) is 0 Å². The second-order valence-corrected chi connectivity index (χ2v) is 4.02. The summed E-state index contributed by atoms with van der Waals surface area (Å²) in [6.07, 6.45) is 0. The average molecular weight is 223 g/mol. The highest BCUT2D eigenvalue weighted by Crippen LogP contribution is 2.31. The van der Waals surface area contributed by atoms with Crippen LogP contribution in [0.15, 0.2) is 22.7 Å². The molecule has 0 aliphatic carbocycles. The van der Waals surface area contributed by atoms with E-state index in [9.17, 15) is 9.18 Å². The molecule has 0 radical (unpaired) electrons. The number of halogens is 1. The van der Waals surface area contributed by atoms with Crippen molar-refractivity contribution in [2.24, 2.45) is 0 Å². The molecule has 2 rings (SSSR count).